The van der Waals surface area contributed by atoms with Gasteiger partial charge in [0.05, 0.1) is 8.95 Å². The Kier molecular flexibility index (Phi) is 7.55. The molecule has 3 N–H and O–H groups in total. The predicted octanol–water partition coefficient (Wildman–Crippen LogP) is 3.35. The zero-order valence-corrected chi connectivity index (χ0v) is 14.9. The maximum Gasteiger partial charge on any atom is 0.258 e. The molecule has 1 aromatic rings. The summed E-state index contributed by atoms with van der Waals surface area (Å²) in [6, 6.07) is 3.94. The molecule has 0 spiro atoms. The van der Waals surface area contributed by atoms with Crippen LogP contribution in [0.15, 0.2) is 21.1 Å². The molecule has 20 heavy (non-hydrogen) atoms. The number of nitrogens with two attached hydrogens (primary N) is 1. The molecule has 0 aromatic heterocycles. The minimum absolute atomic E-state index is 0.00672. The lowest BCUT2D eigenvalue weighted by molar-refractivity contribution is -0.123. The number of ether oxygens (including phenoxy) is 1. The summed E-state index contributed by atoms with van der Waals surface area (Å²) in [5, 5.41) is 2.90. The summed E-state index contributed by atoms with van der Waals surface area (Å²) >= 11 is 6.84. The summed E-state index contributed by atoms with van der Waals surface area (Å²) < 4.78 is 7.12. The SMILES string of the molecule is CCCC(C)NC(=O)COc1c(Br)cc(CN)cc1Br. The molecule has 0 aliphatic rings. The molecule has 0 saturated carbocycles. The minimum atomic E-state index is -0.118. The van der Waals surface area contributed by atoms with E-state index < -0.39 is 0 Å². The van der Waals surface area contributed by atoms with E-state index in [1.165, 1.54) is 0 Å². The Hall–Kier alpha value is -0.590. The van der Waals surface area contributed by atoms with Gasteiger partial charge in [-0.25, -0.2) is 0 Å². The molecule has 1 rings (SSSR count). The zero-order valence-electron chi connectivity index (χ0n) is 11.7. The first-order valence-electron chi connectivity index (χ1n) is 6.58. The van der Waals surface area contributed by atoms with Gasteiger partial charge in [0.15, 0.2) is 6.61 Å². The summed E-state index contributed by atoms with van der Waals surface area (Å²) in [4.78, 5) is 11.8. The first-order valence-corrected chi connectivity index (χ1v) is 8.16. The van der Waals surface area contributed by atoms with Crippen LogP contribution in [0.25, 0.3) is 0 Å². The maximum absolute atomic E-state index is 11.8. The van der Waals surface area contributed by atoms with Gasteiger partial charge in [-0.15, -0.1) is 0 Å². The van der Waals surface area contributed by atoms with Gasteiger partial charge in [0.25, 0.3) is 5.91 Å². The van der Waals surface area contributed by atoms with E-state index in [-0.39, 0.29) is 18.6 Å². The number of carbonyl (C=O) groups excluding carboxylic acids is 1. The Morgan fingerprint density at radius 3 is 2.50 bits per heavy atom. The molecule has 1 aromatic carbocycles. The molecule has 0 aliphatic carbocycles. The molecule has 0 heterocycles. The fourth-order valence-corrected chi connectivity index (χ4v) is 3.34. The Bertz CT molecular complexity index is 443. The van der Waals surface area contributed by atoms with Crippen molar-refractivity contribution in [2.75, 3.05) is 6.61 Å². The van der Waals surface area contributed by atoms with Crippen LogP contribution in [0.2, 0.25) is 0 Å². The lowest BCUT2D eigenvalue weighted by atomic mass is 10.2. The number of nitrogens with one attached hydrogen (secondary N) is 1. The van der Waals surface area contributed by atoms with E-state index in [1.54, 1.807) is 0 Å². The van der Waals surface area contributed by atoms with Crippen LogP contribution in [0, 0.1) is 0 Å². The summed E-state index contributed by atoms with van der Waals surface area (Å²) in [5.41, 5.74) is 6.58. The van der Waals surface area contributed by atoms with Crippen LogP contribution >= 0.6 is 31.9 Å². The molecule has 0 bridgehead atoms. The average Bonchev–Trinajstić information content (AvgIpc) is 2.37. The first kappa shape index (κ1) is 17.5. The second-order valence-electron chi connectivity index (χ2n) is 4.64. The molecule has 4 nitrogen and oxygen atoms in total. The van der Waals surface area contributed by atoms with Crippen molar-refractivity contribution in [2.45, 2.75) is 39.3 Å². The highest BCUT2D eigenvalue weighted by molar-refractivity contribution is 9.11. The zero-order chi connectivity index (χ0) is 15.1. The van der Waals surface area contributed by atoms with Gasteiger partial charge < -0.3 is 15.8 Å². The summed E-state index contributed by atoms with van der Waals surface area (Å²) in [5.74, 6) is 0.494. The molecule has 1 unspecified atom stereocenters. The van der Waals surface area contributed by atoms with Gasteiger partial charge in [-0.2, -0.15) is 0 Å². The molecule has 1 amide bonds. The van der Waals surface area contributed by atoms with Crippen LogP contribution in [0.4, 0.5) is 0 Å². The van der Waals surface area contributed by atoms with Crippen LogP contribution < -0.4 is 15.8 Å². The quantitative estimate of drug-likeness (QED) is 0.728. The molecule has 0 saturated heterocycles. The molecule has 1 atom stereocenters. The van der Waals surface area contributed by atoms with Gasteiger partial charge in [-0.05, 0) is 62.9 Å². The molecule has 0 fully saturated rings. The normalized spacial score (nSPS) is 12.1. The van der Waals surface area contributed by atoms with Gasteiger partial charge in [-0.3, -0.25) is 4.79 Å². The Balaban J connectivity index is 2.59. The molecular weight excluding hydrogens is 388 g/mol. The fourth-order valence-electron chi connectivity index (χ4n) is 1.83. The van der Waals surface area contributed by atoms with E-state index in [0.29, 0.717) is 12.3 Å². The molecule has 112 valence electrons. The van der Waals surface area contributed by atoms with Crippen molar-refractivity contribution in [1.29, 1.82) is 0 Å². The van der Waals surface area contributed by atoms with Crippen LogP contribution in [0.1, 0.15) is 32.3 Å². The van der Waals surface area contributed by atoms with Gasteiger partial charge >= 0.3 is 0 Å². The molecule has 0 aliphatic heterocycles. The highest BCUT2D eigenvalue weighted by Gasteiger charge is 2.12. The number of hydrogen-bond donors (Lipinski definition) is 2. The number of carbonyl (C=O) groups is 1. The van der Waals surface area contributed by atoms with E-state index >= 15 is 0 Å². The lowest BCUT2D eigenvalue weighted by Gasteiger charge is -2.15. The minimum Gasteiger partial charge on any atom is -0.481 e. The van der Waals surface area contributed by atoms with E-state index in [1.807, 2.05) is 19.1 Å². The standard InChI is InChI=1S/C14H20Br2N2O2/c1-3-4-9(2)18-13(19)8-20-14-11(15)5-10(7-17)6-12(14)16/h5-6,9H,3-4,7-8,17H2,1-2H3,(H,18,19). The highest BCUT2D eigenvalue weighted by Crippen LogP contribution is 2.34. The van der Waals surface area contributed by atoms with Crippen molar-refractivity contribution < 1.29 is 9.53 Å². The Morgan fingerprint density at radius 2 is 2.00 bits per heavy atom. The third-order valence-corrected chi connectivity index (χ3v) is 3.95. The van der Waals surface area contributed by atoms with E-state index in [0.717, 1.165) is 27.4 Å². The number of halogens is 2. The Labute approximate surface area is 136 Å². The van der Waals surface area contributed by atoms with Gasteiger partial charge in [0.1, 0.15) is 5.75 Å². The van der Waals surface area contributed by atoms with Gasteiger partial charge in [-0.1, -0.05) is 13.3 Å². The predicted molar refractivity (Wildman–Crippen MR) is 87.7 cm³/mol. The fraction of sp³-hybridized carbons (Fsp3) is 0.500. The van der Waals surface area contributed by atoms with E-state index in [9.17, 15) is 4.79 Å². The third-order valence-electron chi connectivity index (χ3n) is 2.77. The highest BCUT2D eigenvalue weighted by atomic mass is 79.9. The van der Waals surface area contributed by atoms with Crippen molar-refractivity contribution >= 4 is 37.8 Å². The number of hydrogen-bond acceptors (Lipinski definition) is 3. The van der Waals surface area contributed by atoms with Crippen molar-refractivity contribution in [3.05, 3.63) is 26.6 Å². The molecule has 6 heteroatoms. The first-order chi connectivity index (χ1) is 9.47. The van der Waals surface area contributed by atoms with Crippen molar-refractivity contribution in [1.82, 2.24) is 5.32 Å². The number of rotatable bonds is 7. The second-order valence-corrected chi connectivity index (χ2v) is 6.35. The smallest absolute Gasteiger partial charge is 0.258 e. The third kappa shape index (κ3) is 5.42. The van der Waals surface area contributed by atoms with Crippen LogP contribution in [0.3, 0.4) is 0 Å². The van der Waals surface area contributed by atoms with E-state index in [2.05, 4.69) is 44.1 Å². The largest absolute Gasteiger partial charge is 0.481 e. The van der Waals surface area contributed by atoms with Crippen LogP contribution in [-0.4, -0.2) is 18.6 Å². The molecule has 0 radical (unpaired) electrons. The maximum atomic E-state index is 11.8. The monoisotopic (exact) mass is 406 g/mol. The average molecular weight is 408 g/mol. The van der Waals surface area contributed by atoms with Crippen molar-refractivity contribution in [3.63, 3.8) is 0 Å². The van der Waals surface area contributed by atoms with Crippen molar-refractivity contribution in [2.24, 2.45) is 5.73 Å². The van der Waals surface area contributed by atoms with Crippen molar-refractivity contribution in [3.8, 4) is 5.75 Å². The summed E-state index contributed by atoms with van der Waals surface area (Å²) in [7, 11) is 0. The van der Waals surface area contributed by atoms with Gasteiger partial charge in [0.2, 0.25) is 0 Å². The second kappa shape index (κ2) is 8.64. The lowest BCUT2D eigenvalue weighted by Crippen LogP contribution is -2.36. The van der Waals surface area contributed by atoms with E-state index in [4.69, 9.17) is 10.5 Å². The summed E-state index contributed by atoms with van der Waals surface area (Å²) in [6.45, 7) is 4.52. The van der Waals surface area contributed by atoms with Crippen LogP contribution in [-0.2, 0) is 11.3 Å². The Morgan fingerprint density at radius 1 is 1.40 bits per heavy atom. The van der Waals surface area contributed by atoms with Crippen LogP contribution in [0.5, 0.6) is 5.75 Å². The number of benzene rings is 1. The van der Waals surface area contributed by atoms with Gasteiger partial charge in [0, 0.05) is 12.6 Å². The molecular formula is C14H20Br2N2O2. The summed E-state index contributed by atoms with van der Waals surface area (Å²) in [6.07, 6.45) is 2.00. The number of amides is 1. The topological polar surface area (TPSA) is 64.3 Å².